The van der Waals surface area contributed by atoms with E-state index in [-0.39, 0.29) is 5.69 Å². The monoisotopic (exact) mass is 402 g/mol. The van der Waals surface area contributed by atoms with E-state index in [1.165, 1.54) is 28.8 Å². The standard InChI is InChI=1S/C18H22N6O3S/c1-3-5-10-27-16-8-6-14(7-9-16)17-20-21-18(23(17)4-2)28-13-22-12-15(11-19-22)24(25)26/h6-9,11-12H,3-5,10,13H2,1-2H3. The second-order valence-corrected chi connectivity index (χ2v) is 6.96. The highest BCUT2D eigenvalue weighted by Gasteiger charge is 2.15. The molecule has 0 aliphatic heterocycles. The SMILES string of the molecule is CCCCOc1ccc(-c2nnc(SCn3cc([N+](=O)[O-])cn3)n2CC)cc1. The number of thioether (sulfide) groups is 1. The molecule has 0 atom stereocenters. The van der Waals surface area contributed by atoms with E-state index in [0.717, 1.165) is 35.1 Å². The molecule has 0 aliphatic rings. The first-order valence-electron chi connectivity index (χ1n) is 9.08. The Bertz CT molecular complexity index is 922. The Morgan fingerprint density at radius 1 is 1.21 bits per heavy atom. The van der Waals surface area contributed by atoms with Crippen molar-refractivity contribution in [2.24, 2.45) is 0 Å². The molecule has 28 heavy (non-hydrogen) atoms. The largest absolute Gasteiger partial charge is 0.494 e. The number of hydrogen-bond acceptors (Lipinski definition) is 7. The third-order valence-corrected chi connectivity index (χ3v) is 5.02. The van der Waals surface area contributed by atoms with Crippen molar-refractivity contribution in [3.63, 3.8) is 0 Å². The van der Waals surface area contributed by atoms with Crippen LogP contribution in [-0.4, -0.2) is 36.1 Å². The van der Waals surface area contributed by atoms with Gasteiger partial charge in [0.15, 0.2) is 11.0 Å². The molecule has 10 heteroatoms. The number of hydrogen-bond donors (Lipinski definition) is 0. The molecule has 2 aromatic heterocycles. The fraction of sp³-hybridized carbons (Fsp3) is 0.389. The van der Waals surface area contributed by atoms with Crippen LogP contribution in [0.4, 0.5) is 5.69 Å². The maximum atomic E-state index is 10.8. The highest BCUT2D eigenvalue weighted by atomic mass is 32.2. The molecule has 0 saturated carbocycles. The van der Waals surface area contributed by atoms with Gasteiger partial charge < -0.3 is 9.30 Å². The molecular formula is C18H22N6O3S. The van der Waals surface area contributed by atoms with E-state index in [1.807, 2.05) is 35.8 Å². The fourth-order valence-electron chi connectivity index (χ4n) is 2.57. The number of benzene rings is 1. The Morgan fingerprint density at radius 2 is 2.00 bits per heavy atom. The van der Waals surface area contributed by atoms with Crippen molar-refractivity contribution < 1.29 is 9.66 Å². The zero-order chi connectivity index (χ0) is 19.9. The lowest BCUT2D eigenvalue weighted by Crippen LogP contribution is -2.02. The van der Waals surface area contributed by atoms with Crippen LogP contribution in [-0.2, 0) is 12.4 Å². The number of aromatic nitrogens is 5. The van der Waals surface area contributed by atoms with Crippen LogP contribution in [0.5, 0.6) is 5.75 Å². The summed E-state index contributed by atoms with van der Waals surface area (Å²) in [5.74, 6) is 2.03. The maximum absolute atomic E-state index is 10.8. The van der Waals surface area contributed by atoms with Gasteiger partial charge in [0, 0.05) is 12.1 Å². The molecule has 148 valence electrons. The Morgan fingerprint density at radius 3 is 2.64 bits per heavy atom. The number of nitrogens with zero attached hydrogens (tertiary/aromatic N) is 6. The molecule has 0 saturated heterocycles. The maximum Gasteiger partial charge on any atom is 0.307 e. The molecular weight excluding hydrogens is 380 g/mol. The lowest BCUT2D eigenvalue weighted by Gasteiger charge is -2.09. The Kier molecular flexibility index (Phi) is 6.64. The fourth-order valence-corrected chi connectivity index (χ4v) is 3.43. The van der Waals surface area contributed by atoms with Gasteiger partial charge in [0.05, 0.1) is 17.4 Å². The van der Waals surface area contributed by atoms with Crippen LogP contribution in [0.1, 0.15) is 26.7 Å². The van der Waals surface area contributed by atoms with Crippen molar-refractivity contribution in [1.29, 1.82) is 0 Å². The summed E-state index contributed by atoms with van der Waals surface area (Å²) in [6.45, 7) is 5.58. The van der Waals surface area contributed by atoms with Gasteiger partial charge in [-0.2, -0.15) is 5.10 Å². The van der Waals surface area contributed by atoms with E-state index in [1.54, 1.807) is 0 Å². The number of rotatable bonds is 10. The van der Waals surface area contributed by atoms with Crippen molar-refractivity contribution >= 4 is 17.4 Å². The van der Waals surface area contributed by atoms with Crippen LogP contribution in [0, 0.1) is 10.1 Å². The summed E-state index contributed by atoms with van der Waals surface area (Å²) in [7, 11) is 0. The highest BCUT2D eigenvalue weighted by Crippen LogP contribution is 2.26. The molecule has 0 aliphatic carbocycles. The molecule has 0 unspecified atom stereocenters. The van der Waals surface area contributed by atoms with E-state index >= 15 is 0 Å². The second kappa shape index (κ2) is 9.36. The summed E-state index contributed by atoms with van der Waals surface area (Å²) in [4.78, 5) is 10.3. The van der Waals surface area contributed by atoms with E-state index < -0.39 is 4.92 Å². The first-order valence-corrected chi connectivity index (χ1v) is 10.1. The summed E-state index contributed by atoms with van der Waals surface area (Å²) < 4.78 is 9.22. The van der Waals surface area contributed by atoms with E-state index in [2.05, 4.69) is 22.2 Å². The lowest BCUT2D eigenvalue weighted by atomic mass is 10.2. The summed E-state index contributed by atoms with van der Waals surface area (Å²) in [6, 6.07) is 7.83. The molecule has 3 aromatic rings. The van der Waals surface area contributed by atoms with Crippen LogP contribution in [0.2, 0.25) is 0 Å². The van der Waals surface area contributed by atoms with E-state index in [0.29, 0.717) is 19.0 Å². The molecule has 0 amide bonds. The van der Waals surface area contributed by atoms with Crippen molar-refractivity contribution in [3.05, 3.63) is 46.8 Å². The zero-order valence-corrected chi connectivity index (χ0v) is 16.6. The molecule has 0 radical (unpaired) electrons. The Balaban J connectivity index is 1.69. The minimum absolute atomic E-state index is 0.0282. The first-order chi connectivity index (χ1) is 13.6. The van der Waals surface area contributed by atoms with Crippen LogP contribution in [0.3, 0.4) is 0 Å². The minimum Gasteiger partial charge on any atom is -0.494 e. The molecule has 2 heterocycles. The predicted molar refractivity (Wildman–Crippen MR) is 106 cm³/mol. The summed E-state index contributed by atoms with van der Waals surface area (Å²) in [5, 5.41) is 24.1. The van der Waals surface area contributed by atoms with Crippen LogP contribution in [0.15, 0.2) is 41.8 Å². The molecule has 0 fully saturated rings. The van der Waals surface area contributed by atoms with Gasteiger partial charge in [-0.05, 0) is 37.6 Å². The molecule has 0 spiro atoms. The van der Waals surface area contributed by atoms with Gasteiger partial charge in [0.2, 0.25) is 0 Å². The number of unbranched alkanes of at least 4 members (excludes halogenated alkanes) is 1. The van der Waals surface area contributed by atoms with Crippen molar-refractivity contribution in [2.45, 2.75) is 44.3 Å². The Hall–Kier alpha value is -2.88. The molecule has 3 rings (SSSR count). The molecule has 0 bridgehead atoms. The number of nitro groups is 1. The van der Waals surface area contributed by atoms with Gasteiger partial charge >= 0.3 is 5.69 Å². The minimum atomic E-state index is -0.462. The topological polar surface area (TPSA) is 101 Å². The van der Waals surface area contributed by atoms with Crippen LogP contribution >= 0.6 is 11.8 Å². The third kappa shape index (κ3) is 4.69. The summed E-state index contributed by atoms with van der Waals surface area (Å²) in [5.41, 5.74) is 0.929. The average Bonchev–Trinajstić information content (AvgIpc) is 3.34. The van der Waals surface area contributed by atoms with Gasteiger partial charge in [0.1, 0.15) is 18.1 Å². The van der Waals surface area contributed by atoms with Crippen molar-refractivity contribution in [3.8, 4) is 17.1 Å². The normalized spacial score (nSPS) is 10.9. The lowest BCUT2D eigenvalue weighted by molar-refractivity contribution is -0.385. The van der Waals surface area contributed by atoms with Gasteiger partial charge in [-0.1, -0.05) is 25.1 Å². The van der Waals surface area contributed by atoms with Crippen molar-refractivity contribution in [1.82, 2.24) is 24.5 Å². The van der Waals surface area contributed by atoms with Crippen LogP contribution in [0.25, 0.3) is 11.4 Å². The van der Waals surface area contributed by atoms with Gasteiger partial charge in [-0.25, -0.2) is 0 Å². The summed E-state index contributed by atoms with van der Waals surface area (Å²) >= 11 is 1.42. The zero-order valence-electron chi connectivity index (χ0n) is 15.8. The average molecular weight is 402 g/mol. The second-order valence-electron chi connectivity index (χ2n) is 6.05. The van der Waals surface area contributed by atoms with E-state index in [4.69, 9.17) is 4.74 Å². The smallest absolute Gasteiger partial charge is 0.307 e. The van der Waals surface area contributed by atoms with E-state index in [9.17, 15) is 10.1 Å². The molecule has 1 aromatic carbocycles. The Labute approximate surface area is 166 Å². The molecule has 0 N–H and O–H groups in total. The quantitative estimate of drug-likeness (QED) is 0.219. The number of ether oxygens (including phenoxy) is 1. The summed E-state index contributed by atoms with van der Waals surface area (Å²) in [6.07, 6.45) is 4.77. The van der Waals surface area contributed by atoms with Crippen molar-refractivity contribution in [2.75, 3.05) is 6.61 Å². The van der Waals surface area contributed by atoms with Gasteiger partial charge in [0.25, 0.3) is 0 Å². The third-order valence-electron chi connectivity index (χ3n) is 4.07. The first kappa shape index (κ1) is 19.9. The predicted octanol–water partition coefficient (Wildman–Crippen LogP) is 4.00. The molecule has 9 nitrogen and oxygen atoms in total. The highest BCUT2D eigenvalue weighted by molar-refractivity contribution is 7.98. The van der Waals surface area contributed by atoms with Gasteiger partial charge in [-0.15, -0.1) is 10.2 Å². The van der Waals surface area contributed by atoms with Gasteiger partial charge in [-0.3, -0.25) is 14.8 Å². The van der Waals surface area contributed by atoms with Crippen LogP contribution < -0.4 is 4.74 Å².